The lowest BCUT2D eigenvalue weighted by atomic mass is 10.1. The van der Waals surface area contributed by atoms with Crippen LogP contribution < -0.4 is 11.0 Å². The Labute approximate surface area is 132 Å². The summed E-state index contributed by atoms with van der Waals surface area (Å²) < 4.78 is 0. The summed E-state index contributed by atoms with van der Waals surface area (Å²) >= 11 is 1.62. The van der Waals surface area contributed by atoms with Gasteiger partial charge < -0.3 is 15.3 Å². The molecule has 1 aliphatic rings. The summed E-state index contributed by atoms with van der Waals surface area (Å²) in [6.45, 7) is 3.68. The van der Waals surface area contributed by atoms with Crippen molar-refractivity contribution in [3.63, 3.8) is 0 Å². The van der Waals surface area contributed by atoms with Crippen molar-refractivity contribution in [2.45, 2.75) is 11.8 Å². The maximum atomic E-state index is 12.1. The predicted molar refractivity (Wildman–Crippen MR) is 89.2 cm³/mol. The Balaban J connectivity index is 0.000000299. The summed E-state index contributed by atoms with van der Waals surface area (Å²) in [5.41, 5.74) is 1.11. The van der Waals surface area contributed by atoms with E-state index >= 15 is 0 Å². The monoisotopic (exact) mass is 318 g/mol. The Morgan fingerprint density at radius 1 is 1.23 bits per heavy atom. The molecule has 1 aliphatic heterocycles. The van der Waals surface area contributed by atoms with Crippen LogP contribution in [0, 0.1) is 6.92 Å². The Morgan fingerprint density at radius 3 is 2.36 bits per heavy atom. The van der Waals surface area contributed by atoms with Gasteiger partial charge in [0, 0.05) is 22.7 Å². The molecule has 22 heavy (non-hydrogen) atoms. The van der Waals surface area contributed by atoms with Crippen LogP contribution in [-0.4, -0.2) is 41.4 Å². The van der Waals surface area contributed by atoms with Crippen LogP contribution in [0.3, 0.4) is 0 Å². The highest BCUT2D eigenvalue weighted by molar-refractivity contribution is 7.98. The van der Waals surface area contributed by atoms with E-state index in [-0.39, 0.29) is 11.5 Å². The Kier molecular flexibility index (Phi) is 5.60. The van der Waals surface area contributed by atoms with Crippen LogP contribution in [0.15, 0.2) is 38.9 Å². The molecule has 0 spiro atoms. The van der Waals surface area contributed by atoms with Gasteiger partial charge in [-0.15, -0.1) is 11.8 Å². The van der Waals surface area contributed by atoms with Crippen LogP contribution in [0.1, 0.15) is 21.7 Å². The SMILES string of the molecule is C1=NCCN1.CSc1ccc(C(=O)c2[nH]c(=O)[nH]c2C)cc1. The number of aliphatic imine (C=N–C) groups is 1. The van der Waals surface area contributed by atoms with Gasteiger partial charge in [0.15, 0.2) is 0 Å². The maximum Gasteiger partial charge on any atom is 0.323 e. The number of rotatable bonds is 3. The van der Waals surface area contributed by atoms with E-state index in [0.29, 0.717) is 17.0 Å². The van der Waals surface area contributed by atoms with E-state index in [4.69, 9.17) is 0 Å². The van der Waals surface area contributed by atoms with E-state index in [1.54, 1.807) is 37.2 Å². The number of aromatic amines is 2. The Morgan fingerprint density at radius 2 is 1.95 bits per heavy atom. The molecule has 0 unspecified atom stereocenters. The zero-order chi connectivity index (χ0) is 15.9. The number of thioether (sulfide) groups is 1. The van der Waals surface area contributed by atoms with Crippen molar-refractivity contribution < 1.29 is 4.79 Å². The number of ketones is 1. The van der Waals surface area contributed by atoms with E-state index in [2.05, 4.69) is 20.3 Å². The molecule has 116 valence electrons. The molecule has 7 heteroatoms. The number of benzene rings is 1. The zero-order valence-corrected chi connectivity index (χ0v) is 13.3. The number of hydrogen-bond donors (Lipinski definition) is 3. The molecule has 2 heterocycles. The Bertz CT molecular complexity index is 710. The van der Waals surface area contributed by atoms with Gasteiger partial charge in [-0.2, -0.15) is 0 Å². The second kappa shape index (κ2) is 7.65. The average Bonchev–Trinajstić information content (AvgIpc) is 3.20. The topological polar surface area (TPSA) is 90.1 Å². The summed E-state index contributed by atoms with van der Waals surface area (Å²) in [7, 11) is 0. The summed E-state index contributed by atoms with van der Waals surface area (Å²) in [5, 5.41) is 2.93. The van der Waals surface area contributed by atoms with Gasteiger partial charge in [-0.05, 0) is 37.4 Å². The van der Waals surface area contributed by atoms with Crippen molar-refractivity contribution >= 4 is 23.9 Å². The van der Waals surface area contributed by atoms with Crippen molar-refractivity contribution in [2.24, 2.45) is 4.99 Å². The number of aromatic nitrogens is 2. The highest BCUT2D eigenvalue weighted by atomic mass is 32.2. The molecule has 0 bridgehead atoms. The lowest BCUT2D eigenvalue weighted by Crippen LogP contribution is -2.06. The second-order valence-electron chi connectivity index (χ2n) is 4.63. The van der Waals surface area contributed by atoms with Crippen LogP contribution in [0.4, 0.5) is 0 Å². The molecular weight excluding hydrogens is 300 g/mol. The first kappa shape index (κ1) is 16.1. The number of nitrogens with zero attached hydrogens (tertiary/aromatic N) is 1. The molecule has 0 aliphatic carbocycles. The number of nitrogens with one attached hydrogen (secondary N) is 3. The maximum absolute atomic E-state index is 12.1. The molecular formula is C15H18N4O2S. The van der Waals surface area contributed by atoms with Gasteiger partial charge in [0.2, 0.25) is 5.78 Å². The summed E-state index contributed by atoms with van der Waals surface area (Å²) in [6.07, 6.45) is 3.71. The summed E-state index contributed by atoms with van der Waals surface area (Å²) in [4.78, 5) is 33.2. The molecule has 6 nitrogen and oxygen atoms in total. The van der Waals surface area contributed by atoms with Crippen molar-refractivity contribution in [3.05, 3.63) is 51.7 Å². The molecule has 3 N–H and O–H groups in total. The van der Waals surface area contributed by atoms with Gasteiger partial charge in [0.1, 0.15) is 5.69 Å². The van der Waals surface area contributed by atoms with Gasteiger partial charge in [0.05, 0.1) is 12.9 Å². The number of imidazole rings is 1. The van der Waals surface area contributed by atoms with Crippen molar-refractivity contribution in [3.8, 4) is 0 Å². The summed E-state index contributed by atoms with van der Waals surface area (Å²) in [5.74, 6) is -0.173. The largest absolute Gasteiger partial charge is 0.375 e. The number of carbonyl (C=O) groups excluding carboxylic acids is 1. The minimum Gasteiger partial charge on any atom is -0.375 e. The molecule has 2 aromatic rings. The quantitative estimate of drug-likeness (QED) is 0.592. The minimum absolute atomic E-state index is 0.173. The molecule has 0 fully saturated rings. The second-order valence-corrected chi connectivity index (χ2v) is 5.51. The standard InChI is InChI=1S/C12H12N2O2S.C3H6N2/c1-7-10(14-12(16)13-7)11(15)8-3-5-9(17-2)6-4-8;1-2-5-3-4-1/h3-6H,1-2H3,(H2,13,14,16);3H,1-2H2,(H,4,5). The first-order valence-corrected chi connectivity index (χ1v) is 8.03. The molecule has 1 aromatic heterocycles. The van der Waals surface area contributed by atoms with Crippen LogP contribution in [-0.2, 0) is 0 Å². The van der Waals surface area contributed by atoms with Crippen LogP contribution >= 0.6 is 11.8 Å². The predicted octanol–water partition coefficient (Wildman–Crippen LogP) is 1.58. The third-order valence-electron chi connectivity index (χ3n) is 3.06. The minimum atomic E-state index is -0.355. The smallest absolute Gasteiger partial charge is 0.323 e. The van der Waals surface area contributed by atoms with Crippen molar-refractivity contribution in [1.29, 1.82) is 0 Å². The molecule has 0 saturated carbocycles. The van der Waals surface area contributed by atoms with Gasteiger partial charge in [-0.1, -0.05) is 0 Å². The number of aryl methyl sites for hydroxylation is 1. The first-order valence-electron chi connectivity index (χ1n) is 6.81. The van der Waals surface area contributed by atoms with E-state index in [0.717, 1.165) is 18.0 Å². The number of hydrogen-bond acceptors (Lipinski definition) is 5. The van der Waals surface area contributed by atoms with Gasteiger partial charge >= 0.3 is 5.69 Å². The summed E-state index contributed by atoms with van der Waals surface area (Å²) in [6, 6.07) is 7.30. The molecule has 0 radical (unpaired) electrons. The number of carbonyl (C=O) groups is 1. The van der Waals surface area contributed by atoms with Gasteiger partial charge in [0.25, 0.3) is 0 Å². The lowest BCUT2D eigenvalue weighted by molar-refractivity contribution is 0.103. The Hall–Kier alpha value is -2.28. The fourth-order valence-electron chi connectivity index (χ4n) is 1.91. The fraction of sp³-hybridized carbons (Fsp3) is 0.267. The highest BCUT2D eigenvalue weighted by Gasteiger charge is 2.14. The van der Waals surface area contributed by atoms with Crippen LogP contribution in [0.25, 0.3) is 0 Å². The molecule has 0 saturated heterocycles. The first-order chi connectivity index (χ1) is 10.6. The zero-order valence-electron chi connectivity index (χ0n) is 12.5. The normalized spacial score (nSPS) is 12.5. The van der Waals surface area contributed by atoms with Gasteiger partial charge in [-0.3, -0.25) is 9.79 Å². The van der Waals surface area contributed by atoms with E-state index in [9.17, 15) is 9.59 Å². The average molecular weight is 318 g/mol. The molecule has 0 amide bonds. The van der Waals surface area contributed by atoms with E-state index in [1.807, 2.05) is 18.4 Å². The van der Waals surface area contributed by atoms with Crippen LogP contribution in [0.2, 0.25) is 0 Å². The molecule has 0 atom stereocenters. The lowest BCUT2D eigenvalue weighted by Gasteiger charge is -2.01. The molecule has 3 rings (SSSR count). The third-order valence-corrected chi connectivity index (χ3v) is 3.81. The number of H-pyrrole nitrogens is 2. The van der Waals surface area contributed by atoms with Crippen LogP contribution in [0.5, 0.6) is 0 Å². The third kappa shape index (κ3) is 4.11. The van der Waals surface area contributed by atoms with Crippen molar-refractivity contribution in [2.75, 3.05) is 19.3 Å². The van der Waals surface area contributed by atoms with E-state index < -0.39 is 0 Å². The van der Waals surface area contributed by atoms with Crippen molar-refractivity contribution in [1.82, 2.24) is 15.3 Å². The van der Waals surface area contributed by atoms with Gasteiger partial charge in [-0.25, -0.2) is 4.79 Å². The fourth-order valence-corrected chi connectivity index (χ4v) is 2.32. The highest BCUT2D eigenvalue weighted by Crippen LogP contribution is 2.16. The van der Waals surface area contributed by atoms with E-state index in [1.165, 1.54) is 0 Å². The molecule has 1 aromatic carbocycles.